The average Bonchev–Trinajstić information content (AvgIpc) is 2.32. The van der Waals surface area contributed by atoms with E-state index in [0.717, 1.165) is 0 Å². The zero-order chi connectivity index (χ0) is 12.4. The van der Waals surface area contributed by atoms with Crippen molar-refractivity contribution in [2.75, 3.05) is 18.0 Å². The van der Waals surface area contributed by atoms with Gasteiger partial charge in [-0.1, -0.05) is 13.0 Å². The quantitative estimate of drug-likeness (QED) is 0.807. The Hall–Kier alpha value is -1.60. The molecule has 2 unspecified atom stereocenters. The van der Waals surface area contributed by atoms with E-state index in [1.807, 2.05) is 17.9 Å². The van der Waals surface area contributed by atoms with Crippen LogP contribution in [0.2, 0.25) is 0 Å². The molecule has 1 aliphatic heterocycles. The van der Waals surface area contributed by atoms with E-state index in [1.165, 1.54) is 6.07 Å². The summed E-state index contributed by atoms with van der Waals surface area (Å²) < 4.78 is 13.5. The number of rotatable bonds is 1. The van der Waals surface area contributed by atoms with E-state index in [9.17, 15) is 9.50 Å². The number of hydrogen-bond donors (Lipinski definition) is 1. The molecule has 1 fully saturated rings. The molecule has 0 radical (unpaired) electrons. The molecule has 3 nitrogen and oxygen atoms in total. The monoisotopic (exact) mass is 234 g/mol. The van der Waals surface area contributed by atoms with Gasteiger partial charge in [-0.3, -0.25) is 0 Å². The van der Waals surface area contributed by atoms with E-state index >= 15 is 0 Å². The fraction of sp³-hybridized carbons (Fsp3) is 0.462. The van der Waals surface area contributed by atoms with Gasteiger partial charge in [0.15, 0.2) is 0 Å². The van der Waals surface area contributed by atoms with E-state index in [1.54, 1.807) is 12.1 Å². The van der Waals surface area contributed by atoms with Crippen molar-refractivity contribution in [2.24, 2.45) is 5.92 Å². The maximum atomic E-state index is 13.5. The van der Waals surface area contributed by atoms with Crippen LogP contribution in [0, 0.1) is 23.1 Å². The summed E-state index contributed by atoms with van der Waals surface area (Å²) in [6, 6.07) is 6.57. The first kappa shape index (κ1) is 11.9. The molecule has 0 aliphatic carbocycles. The molecule has 0 saturated carbocycles. The van der Waals surface area contributed by atoms with E-state index in [0.29, 0.717) is 25.2 Å². The highest BCUT2D eigenvalue weighted by Crippen LogP contribution is 2.27. The second-order valence-electron chi connectivity index (χ2n) is 4.53. The summed E-state index contributed by atoms with van der Waals surface area (Å²) in [6.07, 6.45) is 0.355. The van der Waals surface area contributed by atoms with Gasteiger partial charge in [-0.25, -0.2) is 4.39 Å². The number of nitrogens with zero attached hydrogens (tertiary/aromatic N) is 2. The highest BCUT2D eigenvalue weighted by Gasteiger charge is 2.26. The second-order valence-corrected chi connectivity index (χ2v) is 4.53. The van der Waals surface area contributed by atoms with Crippen LogP contribution in [0.25, 0.3) is 0 Å². The van der Waals surface area contributed by atoms with E-state index < -0.39 is 5.82 Å². The van der Waals surface area contributed by atoms with Gasteiger partial charge in [0.05, 0.1) is 11.8 Å². The molecule has 0 aromatic heterocycles. The zero-order valence-corrected chi connectivity index (χ0v) is 9.73. The minimum atomic E-state index is -0.483. The number of halogens is 1. The molecule has 90 valence electrons. The first-order valence-corrected chi connectivity index (χ1v) is 5.75. The van der Waals surface area contributed by atoms with Crippen LogP contribution in [0.1, 0.15) is 18.9 Å². The molecule has 1 aromatic rings. The van der Waals surface area contributed by atoms with Crippen LogP contribution in [0.5, 0.6) is 0 Å². The van der Waals surface area contributed by atoms with Crippen LogP contribution >= 0.6 is 0 Å². The molecule has 0 spiro atoms. The summed E-state index contributed by atoms with van der Waals surface area (Å²) in [5.74, 6) is -0.345. The normalized spacial score (nSPS) is 24.5. The third kappa shape index (κ3) is 2.25. The third-order valence-corrected chi connectivity index (χ3v) is 3.30. The molecule has 0 amide bonds. The highest BCUT2D eigenvalue weighted by atomic mass is 19.1. The van der Waals surface area contributed by atoms with Gasteiger partial charge in [-0.15, -0.1) is 0 Å². The highest BCUT2D eigenvalue weighted by molar-refractivity contribution is 5.60. The SMILES string of the molecule is CC1CN(c2cccc(F)c2C#N)CCC1O. The van der Waals surface area contributed by atoms with Gasteiger partial charge < -0.3 is 10.0 Å². The molecule has 1 heterocycles. The van der Waals surface area contributed by atoms with Crippen LogP contribution in [0.4, 0.5) is 10.1 Å². The van der Waals surface area contributed by atoms with Crippen molar-refractivity contribution in [1.29, 1.82) is 5.26 Å². The fourth-order valence-electron chi connectivity index (χ4n) is 2.24. The van der Waals surface area contributed by atoms with Gasteiger partial charge >= 0.3 is 0 Å². The first-order chi connectivity index (χ1) is 8.13. The number of aliphatic hydroxyl groups is 1. The Morgan fingerprint density at radius 3 is 2.94 bits per heavy atom. The molecule has 2 rings (SSSR count). The molecule has 2 atom stereocenters. The Balaban J connectivity index is 2.29. The van der Waals surface area contributed by atoms with Gasteiger partial charge in [0.1, 0.15) is 17.4 Å². The lowest BCUT2D eigenvalue weighted by molar-refractivity contribution is 0.0971. The van der Waals surface area contributed by atoms with Crippen molar-refractivity contribution in [3.63, 3.8) is 0 Å². The first-order valence-electron chi connectivity index (χ1n) is 5.75. The van der Waals surface area contributed by atoms with Gasteiger partial charge in [0, 0.05) is 13.1 Å². The molecular formula is C13H15FN2O. The topological polar surface area (TPSA) is 47.3 Å². The molecule has 1 aliphatic rings. The predicted molar refractivity (Wildman–Crippen MR) is 63.1 cm³/mol. The van der Waals surface area contributed by atoms with Crippen LogP contribution < -0.4 is 4.90 Å². The van der Waals surface area contributed by atoms with Crippen LogP contribution in [0.3, 0.4) is 0 Å². The number of benzene rings is 1. The van der Waals surface area contributed by atoms with E-state index in [2.05, 4.69) is 0 Å². The Morgan fingerprint density at radius 1 is 1.53 bits per heavy atom. The molecule has 1 aromatic carbocycles. The third-order valence-electron chi connectivity index (χ3n) is 3.30. The van der Waals surface area contributed by atoms with Gasteiger partial charge in [0.25, 0.3) is 0 Å². The Kier molecular flexibility index (Phi) is 3.30. The Morgan fingerprint density at radius 2 is 2.29 bits per heavy atom. The summed E-state index contributed by atoms with van der Waals surface area (Å²) in [7, 11) is 0. The molecule has 17 heavy (non-hydrogen) atoms. The smallest absolute Gasteiger partial charge is 0.143 e. The maximum Gasteiger partial charge on any atom is 0.143 e. The summed E-state index contributed by atoms with van der Waals surface area (Å²) in [5.41, 5.74) is 0.724. The van der Waals surface area contributed by atoms with Gasteiger partial charge in [-0.05, 0) is 24.5 Å². The molecule has 1 N–H and O–H groups in total. The number of anilines is 1. The maximum absolute atomic E-state index is 13.5. The van der Waals surface area contributed by atoms with Crippen molar-refractivity contribution < 1.29 is 9.50 Å². The van der Waals surface area contributed by atoms with Gasteiger partial charge in [-0.2, -0.15) is 5.26 Å². The number of aliphatic hydroxyl groups excluding tert-OH is 1. The summed E-state index contributed by atoms with van der Waals surface area (Å²) >= 11 is 0. The van der Waals surface area contributed by atoms with Crippen molar-refractivity contribution in [3.8, 4) is 6.07 Å². The van der Waals surface area contributed by atoms with Crippen molar-refractivity contribution in [2.45, 2.75) is 19.4 Å². The van der Waals surface area contributed by atoms with Crippen LogP contribution in [-0.4, -0.2) is 24.3 Å². The predicted octanol–water partition coefficient (Wildman–Crippen LogP) is 1.90. The molecule has 4 heteroatoms. The number of hydrogen-bond acceptors (Lipinski definition) is 3. The second kappa shape index (κ2) is 4.72. The number of nitriles is 1. The minimum absolute atomic E-state index is 0.0936. The lowest BCUT2D eigenvalue weighted by Crippen LogP contribution is -2.42. The van der Waals surface area contributed by atoms with E-state index in [-0.39, 0.29) is 17.6 Å². The van der Waals surface area contributed by atoms with Crippen LogP contribution in [0.15, 0.2) is 18.2 Å². The Labute approximate surface area is 100 Å². The van der Waals surface area contributed by atoms with Crippen molar-refractivity contribution in [1.82, 2.24) is 0 Å². The average molecular weight is 234 g/mol. The molecular weight excluding hydrogens is 219 g/mol. The Bertz CT molecular complexity index is 455. The van der Waals surface area contributed by atoms with E-state index in [4.69, 9.17) is 5.26 Å². The lowest BCUT2D eigenvalue weighted by Gasteiger charge is -2.36. The van der Waals surface area contributed by atoms with Gasteiger partial charge in [0.2, 0.25) is 0 Å². The molecule has 0 bridgehead atoms. The summed E-state index contributed by atoms with van der Waals surface area (Å²) in [4.78, 5) is 1.97. The standard InChI is InChI=1S/C13H15FN2O/c1-9-8-16(6-5-13(9)17)12-4-2-3-11(14)10(12)7-15/h2-4,9,13,17H,5-6,8H2,1H3. The van der Waals surface area contributed by atoms with Crippen molar-refractivity contribution in [3.05, 3.63) is 29.6 Å². The molecule has 1 saturated heterocycles. The number of piperidine rings is 1. The summed E-state index contributed by atoms with van der Waals surface area (Å²) in [6.45, 7) is 3.27. The zero-order valence-electron chi connectivity index (χ0n) is 9.73. The largest absolute Gasteiger partial charge is 0.393 e. The lowest BCUT2D eigenvalue weighted by atomic mass is 9.95. The minimum Gasteiger partial charge on any atom is -0.393 e. The van der Waals surface area contributed by atoms with Crippen LogP contribution in [-0.2, 0) is 0 Å². The van der Waals surface area contributed by atoms with Crippen molar-refractivity contribution >= 4 is 5.69 Å². The summed E-state index contributed by atoms with van der Waals surface area (Å²) in [5, 5.41) is 18.6. The fourth-order valence-corrected chi connectivity index (χ4v) is 2.24.